The van der Waals surface area contributed by atoms with E-state index in [1.165, 1.54) is 23.5 Å². The number of nitrogens with zero attached hydrogens (tertiary/aromatic N) is 1. The van der Waals surface area contributed by atoms with Gasteiger partial charge in [0, 0.05) is 45.3 Å². The molecule has 2 aromatic carbocycles. The van der Waals surface area contributed by atoms with E-state index < -0.39 is 6.04 Å². The van der Waals surface area contributed by atoms with Crippen LogP contribution in [-0.2, 0) is 33.8 Å². The summed E-state index contributed by atoms with van der Waals surface area (Å²) >= 11 is 3.42. The van der Waals surface area contributed by atoms with Gasteiger partial charge in [0.05, 0.1) is 13.5 Å². The number of likely N-dealkylation sites (N-methyl/N-ethyl adjacent to an activating group) is 1. The first-order chi connectivity index (χ1) is 17.6. The highest BCUT2D eigenvalue weighted by atomic mass is 127. The summed E-state index contributed by atoms with van der Waals surface area (Å²) in [6.45, 7) is 6.76. The second-order valence-electron chi connectivity index (χ2n) is 10.2. The second-order valence-corrected chi connectivity index (χ2v) is 12.6. The van der Waals surface area contributed by atoms with E-state index in [2.05, 4.69) is 94.9 Å². The molecule has 1 aliphatic rings. The number of primary amides is 1. The Balaban J connectivity index is 1.75. The summed E-state index contributed by atoms with van der Waals surface area (Å²) in [6, 6.07) is 18.2. The SMILES string of the molecule is C[NH2+]C(=O)C(CSC(=O)Cc1c(-c2ccc(I)cc2)c(-c2ccccc2)c2n1CC(C)(C)C2)NC(C)=O. The van der Waals surface area contributed by atoms with E-state index in [9.17, 15) is 14.4 Å². The van der Waals surface area contributed by atoms with Gasteiger partial charge in [-0.1, -0.05) is 68.1 Å². The van der Waals surface area contributed by atoms with Crippen LogP contribution in [0.5, 0.6) is 0 Å². The van der Waals surface area contributed by atoms with Crippen molar-refractivity contribution >= 4 is 51.3 Å². The van der Waals surface area contributed by atoms with Gasteiger partial charge in [-0.15, -0.1) is 0 Å². The lowest BCUT2D eigenvalue weighted by Crippen LogP contribution is -2.88. The number of hydrogen-bond acceptors (Lipinski definition) is 4. The van der Waals surface area contributed by atoms with Crippen molar-refractivity contribution in [2.45, 2.75) is 46.2 Å². The van der Waals surface area contributed by atoms with Crippen LogP contribution in [0.2, 0.25) is 0 Å². The number of carbonyl (C=O) groups excluding carboxylic acids is 3. The molecular weight excluding hydrogens is 597 g/mol. The standard InChI is InChI=1S/C29H32IN3O3S/c1-18(34)32-22(28(36)31-4)16-37-25(35)14-23-26(20-10-12-21(30)13-11-20)27(19-8-6-5-7-9-19)24-15-29(2,3)17-33(23)24/h5-13,22H,14-17H2,1-4H3,(H,31,36)(H,32,34)/p+1. The zero-order valence-electron chi connectivity index (χ0n) is 21.6. The van der Waals surface area contributed by atoms with Crippen LogP contribution in [0.4, 0.5) is 0 Å². The first-order valence-corrected chi connectivity index (χ1v) is 14.5. The maximum atomic E-state index is 13.4. The van der Waals surface area contributed by atoms with Gasteiger partial charge in [0.15, 0.2) is 11.2 Å². The van der Waals surface area contributed by atoms with Crippen molar-refractivity contribution in [1.29, 1.82) is 0 Å². The molecule has 0 radical (unpaired) electrons. The number of hydrogen-bond donors (Lipinski definition) is 2. The number of nitrogens with one attached hydrogen (secondary N) is 1. The molecule has 2 heterocycles. The average Bonchev–Trinajstić information content (AvgIpc) is 3.32. The molecule has 0 spiro atoms. The molecule has 3 N–H and O–H groups in total. The van der Waals surface area contributed by atoms with Crippen molar-refractivity contribution in [1.82, 2.24) is 9.88 Å². The first-order valence-electron chi connectivity index (χ1n) is 12.4. The topological polar surface area (TPSA) is 84.8 Å². The zero-order chi connectivity index (χ0) is 26.7. The molecule has 0 saturated carbocycles. The second kappa shape index (κ2) is 11.5. The van der Waals surface area contributed by atoms with Gasteiger partial charge in [-0.05, 0) is 57.7 Å². The number of rotatable bonds is 8. The fourth-order valence-corrected chi connectivity index (χ4v) is 6.26. The number of carbonyl (C=O) groups is 3. The quantitative estimate of drug-likeness (QED) is 0.369. The predicted molar refractivity (Wildman–Crippen MR) is 157 cm³/mol. The Morgan fingerprint density at radius 2 is 1.70 bits per heavy atom. The number of amides is 2. The minimum absolute atomic E-state index is 0.0179. The molecule has 0 fully saturated rings. The van der Waals surface area contributed by atoms with Crippen LogP contribution in [-0.4, -0.2) is 40.3 Å². The fraction of sp³-hybridized carbons (Fsp3) is 0.345. The van der Waals surface area contributed by atoms with E-state index in [1.54, 1.807) is 7.05 Å². The van der Waals surface area contributed by atoms with E-state index in [0.29, 0.717) is 0 Å². The molecule has 3 aromatic rings. The molecule has 0 bridgehead atoms. The summed E-state index contributed by atoms with van der Waals surface area (Å²) in [7, 11) is 1.65. The molecule has 1 aromatic heterocycles. The van der Waals surface area contributed by atoms with E-state index in [4.69, 9.17) is 0 Å². The summed E-state index contributed by atoms with van der Waals surface area (Å²) in [5, 5.41) is 4.09. The van der Waals surface area contributed by atoms with Crippen molar-refractivity contribution in [2.75, 3.05) is 12.8 Å². The molecule has 0 aliphatic carbocycles. The minimum atomic E-state index is -0.705. The molecule has 1 aliphatic heterocycles. The molecule has 2 amide bonds. The Morgan fingerprint density at radius 1 is 1.05 bits per heavy atom. The number of nitrogens with two attached hydrogens (primary N) is 1. The number of quaternary nitrogens is 1. The van der Waals surface area contributed by atoms with Crippen molar-refractivity contribution in [3.05, 3.63) is 69.6 Å². The van der Waals surface area contributed by atoms with Crippen molar-refractivity contribution < 1.29 is 19.7 Å². The van der Waals surface area contributed by atoms with Crippen LogP contribution in [0.15, 0.2) is 54.6 Å². The van der Waals surface area contributed by atoms with Crippen LogP contribution >= 0.6 is 34.4 Å². The fourth-order valence-electron chi connectivity index (χ4n) is 5.07. The lowest BCUT2D eigenvalue weighted by Gasteiger charge is -2.19. The van der Waals surface area contributed by atoms with Crippen LogP contribution in [0, 0.1) is 8.99 Å². The Labute approximate surface area is 236 Å². The molecule has 194 valence electrons. The Kier molecular flexibility index (Phi) is 8.60. The van der Waals surface area contributed by atoms with Crippen LogP contribution in [0.3, 0.4) is 0 Å². The first kappa shape index (κ1) is 27.6. The summed E-state index contributed by atoms with van der Waals surface area (Å²) in [4.78, 5) is 37.2. The molecule has 1 unspecified atom stereocenters. The van der Waals surface area contributed by atoms with Gasteiger partial charge in [0.25, 0.3) is 0 Å². The molecule has 4 rings (SSSR count). The molecule has 8 heteroatoms. The normalized spacial score (nSPS) is 14.7. The van der Waals surface area contributed by atoms with E-state index in [-0.39, 0.29) is 34.5 Å². The van der Waals surface area contributed by atoms with Crippen molar-refractivity contribution in [2.24, 2.45) is 5.41 Å². The Hall–Kier alpha value is -2.43. The Morgan fingerprint density at radius 3 is 2.32 bits per heavy atom. The molecule has 0 saturated heterocycles. The van der Waals surface area contributed by atoms with Gasteiger partial charge >= 0.3 is 5.91 Å². The van der Waals surface area contributed by atoms with E-state index in [1.807, 2.05) is 6.07 Å². The van der Waals surface area contributed by atoms with Crippen molar-refractivity contribution in [3.8, 4) is 22.3 Å². The summed E-state index contributed by atoms with van der Waals surface area (Å²) in [5.41, 5.74) is 6.93. The van der Waals surface area contributed by atoms with Gasteiger partial charge < -0.3 is 9.88 Å². The van der Waals surface area contributed by atoms with Gasteiger partial charge in [0.1, 0.15) is 0 Å². The number of thioether (sulfide) groups is 1. The number of fused-ring (bicyclic) bond motifs is 1. The van der Waals surface area contributed by atoms with Crippen molar-refractivity contribution in [3.63, 3.8) is 0 Å². The van der Waals surface area contributed by atoms with Gasteiger partial charge in [0.2, 0.25) is 5.91 Å². The monoisotopic (exact) mass is 630 g/mol. The molecular formula is C29H33IN3O3S+. The molecule has 1 atom stereocenters. The highest BCUT2D eigenvalue weighted by Gasteiger charge is 2.36. The van der Waals surface area contributed by atoms with Gasteiger partial charge in [-0.3, -0.25) is 14.9 Å². The summed E-state index contributed by atoms with van der Waals surface area (Å²) in [5.74, 6) is -0.259. The van der Waals surface area contributed by atoms with E-state index in [0.717, 1.165) is 50.7 Å². The predicted octanol–water partition coefficient (Wildman–Crippen LogP) is 4.04. The molecule has 37 heavy (non-hydrogen) atoms. The molecule has 6 nitrogen and oxygen atoms in total. The third-order valence-electron chi connectivity index (χ3n) is 6.63. The third kappa shape index (κ3) is 6.35. The van der Waals surface area contributed by atoms with Crippen LogP contribution in [0.1, 0.15) is 32.2 Å². The number of aromatic nitrogens is 1. The minimum Gasteiger partial charge on any atom is -0.346 e. The maximum Gasteiger partial charge on any atom is 0.333 e. The highest BCUT2D eigenvalue weighted by molar-refractivity contribution is 14.1. The lowest BCUT2D eigenvalue weighted by atomic mass is 9.86. The average molecular weight is 631 g/mol. The zero-order valence-corrected chi connectivity index (χ0v) is 24.6. The number of benzene rings is 2. The highest BCUT2D eigenvalue weighted by Crippen LogP contribution is 2.47. The van der Waals surface area contributed by atoms with E-state index >= 15 is 0 Å². The van der Waals surface area contributed by atoms with Crippen LogP contribution in [0.25, 0.3) is 22.3 Å². The number of halogens is 1. The smallest absolute Gasteiger partial charge is 0.333 e. The Bertz CT molecular complexity index is 1320. The largest absolute Gasteiger partial charge is 0.346 e. The summed E-state index contributed by atoms with van der Waals surface area (Å²) in [6.07, 6.45) is 1.18. The van der Waals surface area contributed by atoms with Crippen LogP contribution < -0.4 is 10.6 Å². The lowest BCUT2D eigenvalue weighted by molar-refractivity contribution is -0.540. The van der Waals surface area contributed by atoms with Gasteiger partial charge in [-0.2, -0.15) is 0 Å². The third-order valence-corrected chi connectivity index (χ3v) is 8.32. The maximum absolute atomic E-state index is 13.4. The summed E-state index contributed by atoms with van der Waals surface area (Å²) < 4.78 is 3.51. The van der Waals surface area contributed by atoms with Gasteiger partial charge in [-0.25, -0.2) is 4.79 Å².